The van der Waals surface area contributed by atoms with Crippen molar-refractivity contribution in [1.29, 1.82) is 0 Å². The fourth-order valence-corrected chi connectivity index (χ4v) is 4.24. The van der Waals surface area contributed by atoms with E-state index in [0.29, 0.717) is 25.4 Å². The standard InChI is InChI=1S/C27H34FN2O4P/c1-20(2)15-23-8-6-21(17-26(23)28)5-3-12-30-27-9-7-22(16-25(27)24-10-14-33-19-24)18-29-11-4-13-34-35(31)32/h6-10,14,16-17,19-20,29-30H,3-5,11-13,15,18H2,1-2H3/p+1. The first-order valence-electron chi connectivity index (χ1n) is 12.1. The summed E-state index contributed by atoms with van der Waals surface area (Å²) < 4.78 is 34.9. The number of benzene rings is 2. The van der Waals surface area contributed by atoms with Gasteiger partial charge in [-0.2, -0.15) is 0 Å². The van der Waals surface area contributed by atoms with Crippen molar-refractivity contribution in [2.75, 3.05) is 25.0 Å². The van der Waals surface area contributed by atoms with E-state index in [-0.39, 0.29) is 12.4 Å². The average molecular weight is 502 g/mol. The van der Waals surface area contributed by atoms with E-state index in [0.717, 1.165) is 59.3 Å². The first-order valence-corrected chi connectivity index (χ1v) is 13.2. The van der Waals surface area contributed by atoms with Crippen LogP contribution in [0.4, 0.5) is 10.1 Å². The molecular weight excluding hydrogens is 466 g/mol. The molecule has 0 aliphatic rings. The molecular formula is C27H35FN2O4P+. The highest BCUT2D eigenvalue weighted by atomic mass is 31.1. The van der Waals surface area contributed by atoms with Crippen molar-refractivity contribution in [2.24, 2.45) is 5.92 Å². The van der Waals surface area contributed by atoms with Gasteiger partial charge in [0.25, 0.3) is 0 Å². The van der Waals surface area contributed by atoms with Gasteiger partial charge in [-0.15, -0.1) is 9.42 Å². The van der Waals surface area contributed by atoms with Crippen LogP contribution >= 0.6 is 8.25 Å². The third-order valence-corrected chi connectivity index (χ3v) is 6.05. The number of halogens is 1. The maximum absolute atomic E-state index is 14.4. The number of hydrogen-bond donors (Lipinski definition) is 3. The predicted molar refractivity (Wildman–Crippen MR) is 138 cm³/mol. The van der Waals surface area contributed by atoms with Crippen molar-refractivity contribution < 1.29 is 22.8 Å². The first kappa shape index (κ1) is 27.0. The third-order valence-electron chi connectivity index (χ3n) is 5.65. The summed E-state index contributed by atoms with van der Waals surface area (Å²) >= 11 is 0. The number of hydrogen-bond acceptors (Lipinski definition) is 5. The van der Waals surface area contributed by atoms with Gasteiger partial charge in [0.15, 0.2) is 0 Å². The minimum absolute atomic E-state index is 0.105. The molecule has 0 radical (unpaired) electrons. The fraction of sp³-hybridized carbons (Fsp3) is 0.407. The van der Waals surface area contributed by atoms with Gasteiger partial charge in [0.2, 0.25) is 0 Å². The van der Waals surface area contributed by atoms with Crippen LogP contribution in [-0.2, 0) is 28.5 Å². The largest absolute Gasteiger partial charge is 0.694 e. The molecule has 8 heteroatoms. The highest BCUT2D eigenvalue weighted by Gasteiger charge is 2.11. The molecule has 6 nitrogen and oxygen atoms in total. The summed E-state index contributed by atoms with van der Waals surface area (Å²) in [6.07, 6.45) is 6.50. The van der Waals surface area contributed by atoms with Crippen LogP contribution in [0.3, 0.4) is 0 Å². The Kier molecular flexibility index (Phi) is 10.9. The van der Waals surface area contributed by atoms with Crippen LogP contribution in [0.1, 0.15) is 43.4 Å². The predicted octanol–water partition coefficient (Wildman–Crippen LogP) is 6.47. The van der Waals surface area contributed by atoms with Crippen molar-refractivity contribution in [1.82, 2.24) is 5.32 Å². The topological polar surface area (TPSA) is 83.7 Å². The van der Waals surface area contributed by atoms with E-state index in [1.165, 1.54) is 0 Å². The molecule has 35 heavy (non-hydrogen) atoms. The van der Waals surface area contributed by atoms with Gasteiger partial charge < -0.3 is 15.1 Å². The maximum atomic E-state index is 14.4. The second-order valence-electron chi connectivity index (χ2n) is 9.05. The normalized spacial score (nSPS) is 11.7. The third kappa shape index (κ3) is 9.19. The van der Waals surface area contributed by atoms with E-state index in [1.54, 1.807) is 18.6 Å². The summed E-state index contributed by atoms with van der Waals surface area (Å²) in [6, 6.07) is 13.8. The van der Waals surface area contributed by atoms with Crippen LogP contribution in [-0.4, -0.2) is 24.6 Å². The molecule has 3 aromatic rings. The van der Waals surface area contributed by atoms with Crippen molar-refractivity contribution in [3.8, 4) is 11.1 Å². The van der Waals surface area contributed by atoms with Crippen molar-refractivity contribution in [3.05, 3.63) is 77.5 Å². The van der Waals surface area contributed by atoms with Crippen LogP contribution in [0.25, 0.3) is 11.1 Å². The Morgan fingerprint density at radius 2 is 1.91 bits per heavy atom. The van der Waals surface area contributed by atoms with E-state index in [2.05, 4.69) is 47.2 Å². The number of nitrogens with one attached hydrogen (secondary N) is 2. The quantitative estimate of drug-likeness (QED) is 0.163. The Morgan fingerprint density at radius 1 is 1.09 bits per heavy atom. The summed E-state index contributed by atoms with van der Waals surface area (Å²) in [6.45, 7) is 6.57. The van der Waals surface area contributed by atoms with Crippen LogP contribution in [0.15, 0.2) is 59.4 Å². The highest BCUT2D eigenvalue weighted by Crippen LogP contribution is 2.30. The Morgan fingerprint density at radius 3 is 2.63 bits per heavy atom. The van der Waals surface area contributed by atoms with Crippen molar-refractivity contribution in [2.45, 2.75) is 46.1 Å². The van der Waals surface area contributed by atoms with Crippen molar-refractivity contribution >= 4 is 13.9 Å². The van der Waals surface area contributed by atoms with E-state index in [9.17, 15) is 8.96 Å². The highest BCUT2D eigenvalue weighted by molar-refractivity contribution is 7.32. The SMILES string of the molecule is CC(C)Cc1ccc(CCCNc2ccc(CNCCCO[P+](=O)O)cc2-c2ccoc2)cc1F. The summed E-state index contributed by atoms with van der Waals surface area (Å²) in [5.41, 5.74) is 6.01. The van der Waals surface area contributed by atoms with Gasteiger partial charge in [-0.1, -0.05) is 32.0 Å². The molecule has 0 spiro atoms. The summed E-state index contributed by atoms with van der Waals surface area (Å²) in [4.78, 5) is 8.65. The first-order chi connectivity index (χ1) is 16.9. The zero-order chi connectivity index (χ0) is 25.0. The molecule has 0 aliphatic carbocycles. The molecule has 0 aliphatic heterocycles. The number of aryl methyl sites for hydroxylation is 1. The summed E-state index contributed by atoms with van der Waals surface area (Å²) in [5, 5.41) is 6.85. The van der Waals surface area contributed by atoms with E-state index in [4.69, 9.17) is 9.31 Å². The lowest BCUT2D eigenvalue weighted by atomic mass is 9.99. The Bertz CT molecular complexity index is 1070. The van der Waals surface area contributed by atoms with Gasteiger partial charge in [-0.25, -0.2) is 4.39 Å². The van der Waals surface area contributed by atoms with Crippen LogP contribution in [0.2, 0.25) is 0 Å². The van der Waals surface area contributed by atoms with Gasteiger partial charge in [-0.3, -0.25) is 0 Å². The minimum atomic E-state index is -2.53. The van der Waals surface area contributed by atoms with Gasteiger partial charge >= 0.3 is 8.25 Å². The molecule has 0 bridgehead atoms. The maximum Gasteiger partial charge on any atom is 0.694 e. The van der Waals surface area contributed by atoms with E-state index < -0.39 is 8.25 Å². The zero-order valence-electron chi connectivity index (χ0n) is 20.4. The second kappa shape index (κ2) is 14.1. The molecule has 3 rings (SSSR count). The molecule has 188 valence electrons. The van der Waals surface area contributed by atoms with Crippen LogP contribution < -0.4 is 10.6 Å². The fourth-order valence-electron chi connectivity index (χ4n) is 3.95. The number of anilines is 1. The minimum Gasteiger partial charge on any atom is -0.472 e. The molecule has 2 aromatic carbocycles. The number of furan rings is 1. The molecule has 0 saturated carbocycles. The Balaban J connectivity index is 1.53. The molecule has 1 unspecified atom stereocenters. The summed E-state index contributed by atoms with van der Waals surface area (Å²) in [5.74, 6) is 0.331. The van der Waals surface area contributed by atoms with Crippen LogP contribution in [0, 0.1) is 11.7 Å². The Hall–Kier alpha value is -2.57. The van der Waals surface area contributed by atoms with Gasteiger partial charge in [0, 0.05) is 34.5 Å². The monoisotopic (exact) mass is 501 g/mol. The molecule has 0 amide bonds. The van der Waals surface area contributed by atoms with E-state index in [1.807, 2.05) is 18.2 Å². The van der Waals surface area contributed by atoms with Gasteiger partial charge in [0.1, 0.15) is 12.4 Å². The van der Waals surface area contributed by atoms with Crippen LogP contribution in [0.5, 0.6) is 0 Å². The molecule has 1 aromatic heterocycles. The molecule has 3 N–H and O–H groups in total. The lowest BCUT2D eigenvalue weighted by Crippen LogP contribution is -2.16. The molecule has 0 saturated heterocycles. The molecule has 0 fully saturated rings. The Labute approximate surface area is 207 Å². The summed E-state index contributed by atoms with van der Waals surface area (Å²) in [7, 11) is -2.53. The molecule has 1 atom stereocenters. The van der Waals surface area contributed by atoms with Gasteiger partial charge in [-0.05, 0) is 79.1 Å². The number of rotatable bonds is 15. The average Bonchev–Trinajstić information content (AvgIpc) is 3.35. The lowest BCUT2D eigenvalue weighted by molar-refractivity contribution is 0.276. The lowest BCUT2D eigenvalue weighted by Gasteiger charge is -2.14. The second-order valence-corrected chi connectivity index (χ2v) is 9.78. The van der Waals surface area contributed by atoms with Crippen molar-refractivity contribution in [3.63, 3.8) is 0 Å². The zero-order valence-corrected chi connectivity index (χ0v) is 21.3. The van der Waals surface area contributed by atoms with E-state index >= 15 is 0 Å². The molecule has 1 heterocycles. The smallest absolute Gasteiger partial charge is 0.472 e. The van der Waals surface area contributed by atoms with Gasteiger partial charge in [0.05, 0.1) is 12.5 Å².